The average Bonchev–Trinajstić information content (AvgIpc) is 2.21. The van der Waals surface area contributed by atoms with Crippen molar-refractivity contribution in [2.45, 2.75) is 0 Å². The molecule has 0 saturated carbocycles. The van der Waals surface area contributed by atoms with E-state index in [1.807, 2.05) is 0 Å². The van der Waals surface area contributed by atoms with Gasteiger partial charge >= 0.3 is 7.82 Å². The lowest BCUT2D eigenvalue weighted by Crippen LogP contribution is -1.91. The second-order valence-corrected chi connectivity index (χ2v) is 3.28. The molecule has 80 valence electrons. The van der Waals surface area contributed by atoms with Crippen LogP contribution in [0.3, 0.4) is 0 Å². The van der Waals surface area contributed by atoms with E-state index in [1.165, 1.54) is 0 Å². The van der Waals surface area contributed by atoms with E-state index in [-0.39, 0.29) is 0 Å². The van der Waals surface area contributed by atoms with Crippen molar-refractivity contribution in [2.75, 3.05) is 0 Å². The van der Waals surface area contributed by atoms with E-state index in [4.69, 9.17) is 17.2 Å². The Bertz CT molecular complexity index is 233. The molecular formula is C6H12N3O4P. The predicted molar refractivity (Wildman–Crippen MR) is 50.8 cm³/mol. The van der Waals surface area contributed by atoms with Crippen molar-refractivity contribution in [1.82, 2.24) is 0 Å². The number of nitrogens with two attached hydrogens (primary N) is 3. The molecule has 14 heavy (non-hydrogen) atoms. The van der Waals surface area contributed by atoms with Gasteiger partial charge in [0, 0.05) is 18.6 Å². The van der Waals surface area contributed by atoms with Crippen LogP contribution in [0.25, 0.3) is 0 Å². The Morgan fingerprint density at radius 3 is 1.29 bits per heavy atom. The molecule has 0 fully saturated rings. The standard InChI is InChI=1S/C6H12N3O4P/c7-1-4-11-14(10,12-5-2-8)13-6-3-9/h1-6H,7-9H2/b4-1+,5-2+,6-3+. The zero-order valence-corrected chi connectivity index (χ0v) is 8.17. The summed E-state index contributed by atoms with van der Waals surface area (Å²) in [4.78, 5) is 0. The van der Waals surface area contributed by atoms with Crippen molar-refractivity contribution < 1.29 is 18.1 Å². The highest BCUT2D eigenvalue weighted by atomic mass is 31.2. The normalized spacial score (nSPS) is 12.6. The Morgan fingerprint density at radius 2 is 1.07 bits per heavy atom. The lowest BCUT2D eigenvalue weighted by atomic mass is 11.0. The predicted octanol–water partition coefficient (Wildman–Crippen LogP) is 0.434. The van der Waals surface area contributed by atoms with Crippen LogP contribution in [0.1, 0.15) is 0 Å². The second-order valence-electron chi connectivity index (χ2n) is 1.75. The highest BCUT2D eigenvalue weighted by Gasteiger charge is 2.27. The van der Waals surface area contributed by atoms with E-state index in [0.717, 1.165) is 37.4 Å². The van der Waals surface area contributed by atoms with Gasteiger partial charge in [-0.05, 0) is 0 Å². The molecule has 0 bridgehead atoms. The first-order valence-electron chi connectivity index (χ1n) is 3.44. The van der Waals surface area contributed by atoms with E-state index < -0.39 is 7.82 Å². The van der Waals surface area contributed by atoms with Crippen LogP contribution in [0, 0.1) is 0 Å². The summed E-state index contributed by atoms with van der Waals surface area (Å²) in [7, 11) is -3.77. The maximum Gasteiger partial charge on any atom is 0.645 e. The number of phosphoric ester groups is 1. The molecule has 0 aromatic carbocycles. The lowest BCUT2D eigenvalue weighted by Gasteiger charge is -2.11. The number of phosphoric acid groups is 1. The zero-order valence-electron chi connectivity index (χ0n) is 7.28. The quantitative estimate of drug-likeness (QED) is 0.439. The molecule has 0 spiro atoms. The summed E-state index contributed by atoms with van der Waals surface area (Å²) in [6, 6.07) is 0. The van der Waals surface area contributed by atoms with Gasteiger partial charge in [-0.2, -0.15) is 4.57 Å². The largest absolute Gasteiger partial charge is 0.645 e. The van der Waals surface area contributed by atoms with Crippen molar-refractivity contribution >= 4 is 7.82 Å². The van der Waals surface area contributed by atoms with Crippen LogP contribution in [-0.2, 0) is 18.1 Å². The van der Waals surface area contributed by atoms with Crippen molar-refractivity contribution in [1.29, 1.82) is 0 Å². The SMILES string of the molecule is N/C=C/OP(=O)(O/C=C/N)O/C=C/N. The van der Waals surface area contributed by atoms with E-state index in [9.17, 15) is 4.57 Å². The van der Waals surface area contributed by atoms with Crippen LogP contribution in [-0.4, -0.2) is 0 Å². The summed E-state index contributed by atoms with van der Waals surface area (Å²) in [5.74, 6) is 0. The molecule has 0 amide bonds. The van der Waals surface area contributed by atoms with Crippen LogP contribution >= 0.6 is 7.82 Å². The molecule has 8 heteroatoms. The van der Waals surface area contributed by atoms with E-state index in [1.54, 1.807) is 0 Å². The Labute approximate surface area is 81.4 Å². The monoisotopic (exact) mass is 221 g/mol. The van der Waals surface area contributed by atoms with Gasteiger partial charge in [0.2, 0.25) is 0 Å². The maximum atomic E-state index is 11.5. The minimum absolute atomic E-state index is 0.954. The molecule has 0 aliphatic rings. The fourth-order valence-electron chi connectivity index (χ4n) is 0.404. The van der Waals surface area contributed by atoms with Crippen molar-refractivity contribution in [3.05, 3.63) is 37.4 Å². The van der Waals surface area contributed by atoms with E-state index >= 15 is 0 Å². The van der Waals surface area contributed by atoms with Crippen molar-refractivity contribution in [2.24, 2.45) is 17.2 Å². The Hall–Kier alpha value is -1.75. The van der Waals surface area contributed by atoms with Crippen LogP contribution in [0.2, 0.25) is 0 Å². The van der Waals surface area contributed by atoms with E-state index in [2.05, 4.69) is 13.6 Å². The third kappa shape index (κ3) is 5.00. The van der Waals surface area contributed by atoms with Gasteiger partial charge in [-0.25, -0.2) is 0 Å². The number of hydrogen-bond donors (Lipinski definition) is 3. The smallest absolute Gasteiger partial charge is 0.402 e. The minimum Gasteiger partial charge on any atom is -0.402 e. The summed E-state index contributed by atoms with van der Waals surface area (Å²) in [5.41, 5.74) is 14.9. The number of rotatable bonds is 6. The fraction of sp³-hybridized carbons (Fsp3) is 0. The summed E-state index contributed by atoms with van der Waals surface area (Å²) in [5, 5.41) is 0. The third-order valence-corrected chi connectivity index (χ3v) is 1.95. The van der Waals surface area contributed by atoms with Gasteiger partial charge < -0.3 is 30.8 Å². The molecule has 0 heterocycles. The summed E-state index contributed by atoms with van der Waals surface area (Å²) >= 11 is 0. The Morgan fingerprint density at radius 1 is 0.786 bits per heavy atom. The molecule has 0 radical (unpaired) electrons. The first-order chi connectivity index (χ1) is 6.68. The molecule has 7 nitrogen and oxygen atoms in total. The molecule has 0 saturated heterocycles. The Balaban J connectivity index is 4.39. The molecule has 0 aliphatic carbocycles. The fourth-order valence-corrected chi connectivity index (χ4v) is 1.21. The van der Waals surface area contributed by atoms with Gasteiger partial charge in [0.15, 0.2) is 0 Å². The first-order valence-corrected chi connectivity index (χ1v) is 4.90. The molecule has 0 aliphatic heterocycles. The second kappa shape index (κ2) is 6.73. The van der Waals surface area contributed by atoms with Crippen LogP contribution in [0.15, 0.2) is 37.4 Å². The van der Waals surface area contributed by atoms with Crippen LogP contribution in [0.4, 0.5) is 0 Å². The summed E-state index contributed by atoms with van der Waals surface area (Å²) in [6.07, 6.45) is 5.94. The maximum absolute atomic E-state index is 11.5. The third-order valence-electron chi connectivity index (χ3n) is 0.806. The van der Waals surface area contributed by atoms with E-state index in [0.29, 0.717) is 0 Å². The molecule has 6 N–H and O–H groups in total. The molecule has 0 atom stereocenters. The van der Waals surface area contributed by atoms with Gasteiger partial charge in [-0.1, -0.05) is 0 Å². The van der Waals surface area contributed by atoms with Gasteiger partial charge in [-0.3, -0.25) is 0 Å². The first kappa shape index (κ1) is 12.2. The molecule has 0 rings (SSSR count). The summed E-state index contributed by atoms with van der Waals surface area (Å²) < 4.78 is 25.2. The topological polar surface area (TPSA) is 123 Å². The molecule has 0 aromatic rings. The van der Waals surface area contributed by atoms with Crippen molar-refractivity contribution in [3.8, 4) is 0 Å². The van der Waals surface area contributed by atoms with Crippen LogP contribution < -0.4 is 17.2 Å². The van der Waals surface area contributed by atoms with Crippen molar-refractivity contribution in [3.63, 3.8) is 0 Å². The average molecular weight is 221 g/mol. The van der Waals surface area contributed by atoms with Gasteiger partial charge in [-0.15, -0.1) is 0 Å². The van der Waals surface area contributed by atoms with Gasteiger partial charge in [0.25, 0.3) is 0 Å². The van der Waals surface area contributed by atoms with Gasteiger partial charge in [0.05, 0.1) is 0 Å². The molecule has 0 unspecified atom stereocenters. The lowest BCUT2D eigenvalue weighted by molar-refractivity contribution is 0.229. The highest BCUT2D eigenvalue weighted by Crippen LogP contribution is 2.50. The van der Waals surface area contributed by atoms with Crippen LogP contribution in [0.5, 0.6) is 0 Å². The Kier molecular flexibility index (Phi) is 5.89. The minimum atomic E-state index is -3.77. The van der Waals surface area contributed by atoms with Gasteiger partial charge in [0.1, 0.15) is 18.8 Å². The summed E-state index contributed by atoms with van der Waals surface area (Å²) in [6.45, 7) is 0. The zero-order chi connectivity index (χ0) is 10.9. The number of hydrogen-bond acceptors (Lipinski definition) is 7. The molecule has 0 aromatic heterocycles. The molecular weight excluding hydrogens is 209 g/mol. The highest BCUT2D eigenvalue weighted by molar-refractivity contribution is 7.48.